The molecule has 0 amide bonds. The summed E-state index contributed by atoms with van der Waals surface area (Å²) in [5.41, 5.74) is 8.57. The number of ether oxygens (including phenoxy) is 1. The van der Waals surface area contributed by atoms with Gasteiger partial charge in [-0.1, -0.05) is 17.7 Å². The third-order valence-electron chi connectivity index (χ3n) is 4.31. The smallest absolute Gasteiger partial charge is 0.0491 e. The number of rotatable bonds is 5. The van der Waals surface area contributed by atoms with Gasteiger partial charge in [0.05, 0.1) is 0 Å². The van der Waals surface area contributed by atoms with Crippen molar-refractivity contribution in [2.45, 2.75) is 25.8 Å². The van der Waals surface area contributed by atoms with Gasteiger partial charge in [0.15, 0.2) is 0 Å². The van der Waals surface area contributed by atoms with Crippen LogP contribution in [-0.4, -0.2) is 38.3 Å². The van der Waals surface area contributed by atoms with Crippen LogP contribution in [0.2, 0.25) is 5.02 Å². The number of hydrogen-bond acceptors (Lipinski definition) is 3. The van der Waals surface area contributed by atoms with E-state index in [-0.39, 0.29) is 0 Å². The molecule has 1 aromatic rings. The summed E-state index contributed by atoms with van der Waals surface area (Å²) in [6.07, 6.45) is 2.38. The molecule has 20 heavy (non-hydrogen) atoms. The number of aryl methyl sites for hydroxylation is 1. The molecular weight excluding hydrogens is 272 g/mol. The van der Waals surface area contributed by atoms with Gasteiger partial charge in [0.1, 0.15) is 0 Å². The second kappa shape index (κ2) is 7.41. The minimum absolute atomic E-state index is 0.302. The molecule has 0 saturated carbocycles. The maximum atomic E-state index is 6.05. The molecule has 4 heteroatoms. The lowest BCUT2D eigenvalue weighted by Gasteiger charge is -2.37. The van der Waals surface area contributed by atoms with E-state index in [1.165, 1.54) is 24.0 Å². The monoisotopic (exact) mass is 296 g/mol. The topological polar surface area (TPSA) is 38.5 Å². The van der Waals surface area contributed by atoms with Gasteiger partial charge in [-0.25, -0.2) is 0 Å². The highest BCUT2D eigenvalue weighted by Crippen LogP contribution is 2.29. The van der Waals surface area contributed by atoms with Gasteiger partial charge in [0, 0.05) is 31.3 Å². The lowest BCUT2D eigenvalue weighted by Crippen LogP contribution is -2.40. The molecule has 0 aromatic heterocycles. The molecule has 1 aliphatic heterocycles. The fourth-order valence-corrected chi connectivity index (χ4v) is 3.38. The number of nitrogens with zero attached hydrogens (tertiary/aromatic N) is 1. The van der Waals surface area contributed by atoms with Crippen molar-refractivity contribution in [2.24, 2.45) is 11.7 Å². The maximum absolute atomic E-state index is 6.05. The minimum Gasteiger partial charge on any atom is -0.384 e. The predicted octanol–water partition coefficient (Wildman–Crippen LogP) is 3.01. The predicted molar refractivity (Wildman–Crippen MR) is 84.2 cm³/mol. The summed E-state index contributed by atoms with van der Waals surface area (Å²) < 4.78 is 5.26. The standard InChI is InChI=1S/C16H25ClN2O/c1-12-9-14(17)3-4-15(12)16(10-18)19-7-5-13(6-8-19)11-20-2/h3-4,9,13,16H,5-8,10-11,18H2,1-2H3. The van der Waals surface area contributed by atoms with Crippen LogP contribution in [0.15, 0.2) is 18.2 Å². The fraction of sp³-hybridized carbons (Fsp3) is 0.625. The first-order valence-electron chi connectivity index (χ1n) is 7.34. The third kappa shape index (κ3) is 3.73. The molecule has 1 aliphatic rings. The van der Waals surface area contributed by atoms with Crippen LogP contribution < -0.4 is 5.73 Å². The van der Waals surface area contributed by atoms with Gasteiger partial charge in [-0.3, -0.25) is 4.90 Å². The molecule has 2 rings (SSSR count). The molecule has 2 N–H and O–H groups in total. The average molecular weight is 297 g/mol. The number of likely N-dealkylation sites (tertiary alicyclic amines) is 1. The van der Waals surface area contributed by atoms with E-state index in [1.807, 2.05) is 12.1 Å². The first-order valence-corrected chi connectivity index (χ1v) is 7.72. The largest absolute Gasteiger partial charge is 0.384 e. The van der Waals surface area contributed by atoms with Crippen molar-refractivity contribution in [2.75, 3.05) is 33.4 Å². The highest BCUT2D eigenvalue weighted by molar-refractivity contribution is 6.30. The lowest BCUT2D eigenvalue weighted by atomic mass is 9.93. The van der Waals surface area contributed by atoms with Gasteiger partial charge in [0.2, 0.25) is 0 Å². The van der Waals surface area contributed by atoms with Crippen LogP contribution >= 0.6 is 11.6 Å². The van der Waals surface area contributed by atoms with Crippen LogP contribution in [0.1, 0.15) is 30.0 Å². The molecule has 3 nitrogen and oxygen atoms in total. The van der Waals surface area contributed by atoms with Gasteiger partial charge < -0.3 is 10.5 Å². The minimum atomic E-state index is 0.302. The average Bonchev–Trinajstić information content (AvgIpc) is 2.44. The normalized spacial score (nSPS) is 19.2. The Kier molecular flexibility index (Phi) is 5.85. The molecule has 0 aliphatic carbocycles. The summed E-state index contributed by atoms with van der Waals surface area (Å²) in [4.78, 5) is 2.50. The van der Waals surface area contributed by atoms with Crippen LogP contribution in [0.4, 0.5) is 0 Å². The van der Waals surface area contributed by atoms with E-state index in [2.05, 4.69) is 17.9 Å². The molecule has 1 unspecified atom stereocenters. The number of nitrogens with two attached hydrogens (primary N) is 1. The first kappa shape index (κ1) is 15.8. The Labute approximate surface area is 127 Å². The van der Waals surface area contributed by atoms with Gasteiger partial charge in [-0.05, 0) is 62.0 Å². The summed E-state index contributed by atoms with van der Waals surface area (Å²) in [6, 6.07) is 6.41. The summed E-state index contributed by atoms with van der Waals surface area (Å²) >= 11 is 6.05. The van der Waals surface area contributed by atoms with E-state index < -0.39 is 0 Å². The second-order valence-corrected chi connectivity index (χ2v) is 6.12. The van der Waals surface area contributed by atoms with Crippen molar-refractivity contribution in [3.05, 3.63) is 34.3 Å². The van der Waals surface area contributed by atoms with E-state index in [1.54, 1.807) is 7.11 Å². The molecule has 0 bridgehead atoms. The maximum Gasteiger partial charge on any atom is 0.0491 e. The van der Waals surface area contributed by atoms with Gasteiger partial charge in [-0.15, -0.1) is 0 Å². The van der Waals surface area contributed by atoms with Crippen LogP contribution in [0, 0.1) is 12.8 Å². The molecule has 112 valence electrons. The Morgan fingerprint density at radius 1 is 1.40 bits per heavy atom. The quantitative estimate of drug-likeness (QED) is 0.908. The van der Waals surface area contributed by atoms with E-state index in [9.17, 15) is 0 Å². The van der Waals surface area contributed by atoms with Crippen LogP contribution in [0.3, 0.4) is 0 Å². The number of hydrogen-bond donors (Lipinski definition) is 1. The molecule has 1 saturated heterocycles. The van der Waals surface area contributed by atoms with Gasteiger partial charge >= 0.3 is 0 Å². The molecule has 0 radical (unpaired) electrons. The fourth-order valence-electron chi connectivity index (χ4n) is 3.15. The Bertz CT molecular complexity index is 430. The van der Waals surface area contributed by atoms with Crippen molar-refractivity contribution < 1.29 is 4.74 Å². The van der Waals surface area contributed by atoms with Crippen LogP contribution in [0.25, 0.3) is 0 Å². The van der Waals surface area contributed by atoms with Crippen molar-refractivity contribution in [1.29, 1.82) is 0 Å². The van der Waals surface area contributed by atoms with E-state index in [0.717, 1.165) is 24.7 Å². The van der Waals surface area contributed by atoms with Crippen molar-refractivity contribution >= 4 is 11.6 Å². The summed E-state index contributed by atoms with van der Waals surface area (Å²) in [6.45, 7) is 5.83. The Morgan fingerprint density at radius 3 is 2.65 bits per heavy atom. The number of methoxy groups -OCH3 is 1. The SMILES string of the molecule is COCC1CCN(C(CN)c2ccc(Cl)cc2C)CC1. The summed E-state index contributed by atoms with van der Waals surface area (Å²) in [7, 11) is 1.78. The highest BCUT2D eigenvalue weighted by atomic mass is 35.5. The van der Waals surface area contributed by atoms with Crippen molar-refractivity contribution in [3.63, 3.8) is 0 Å². The Morgan fingerprint density at radius 2 is 2.10 bits per heavy atom. The molecule has 1 aromatic carbocycles. The van der Waals surface area contributed by atoms with Crippen molar-refractivity contribution in [3.8, 4) is 0 Å². The third-order valence-corrected chi connectivity index (χ3v) is 4.54. The number of benzene rings is 1. The van der Waals surface area contributed by atoms with Gasteiger partial charge in [0.25, 0.3) is 0 Å². The molecule has 1 fully saturated rings. The second-order valence-electron chi connectivity index (χ2n) is 5.69. The van der Waals surface area contributed by atoms with Gasteiger partial charge in [-0.2, -0.15) is 0 Å². The van der Waals surface area contributed by atoms with E-state index in [4.69, 9.17) is 22.1 Å². The molecule has 1 atom stereocenters. The molecular formula is C16H25ClN2O. The highest BCUT2D eigenvalue weighted by Gasteiger charge is 2.26. The first-order chi connectivity index (χ1) is 9.65. The van der Waals surface area contributed by atoms with E-state index >= 15 is 0 Å². The zero-order valence-electron chi connectivity index (χ0n) is 12.4. The van der Waals surface area contributed by atoms with Crippen LogP contribution in [-0.2, 0) is 4.74 Å². The zero-order chi connectivity index (χ0) is 14.5. The number of halogens is 1. The molecule has 0 spiro atoms. The Balaban J connectivity index is 2.05. The van der Waals surface area contributed by atoms with E-state index in [0.29, 0.717) is 18.5 Å². The summed E-state index contributed by atoms with van der Waals surface area (Å²) in [5, 5.41) is 0.792. The number of piperidine rings is 1. The van der Waals surface area contributed by atoms with Crippen LogP contribution in [0.5, 0.6) is 0 Å². The zero-order valence-corrected chi connectivity index (χ0v) is 13.2. The Hall–Kier alpha value is -0.610. The molecule has 1 heterocycles. The lowest BCUT2D eigenvalue weighted by molar-refractivity contribution is 0.0809. The summed E-state index contributed by atoms with van der Waals surface area (Å²) in [5.74, 6) is 0.695. The van der Waals surface area contributed by atoms with Crippen molar-refractivity contribution in [1.82, 2.24) is 4.90 Å².